The molecule has 0 fully saturated rings. The van der Waals surface area contributed by atoms with Crippen LogP contribution in [0.2, 0.25) is 0 Å². The topological polar surface area (TPSA) is 76.1 Å². The molecule has 1 N–H and O–H groups in total. The van der Waals surface area contributed by atoms with Crippen LogP contribution in [-0.4, -0.2) is 49.2 Å². The second kappa shape index (κ2) is 8.14. The maximum absolute atomic E-state index is 11.5. The van der Waals surface area contributed by atoms with Gasteiger partial charge < -0.3 is 19.5 Å². The third kappa shape index (κ3) is 5.72. The van der Waals surface area contributed by atoms with Gasteiger partial charge in [-0.3, -0.25) is 9.59 Å². The van der Waals surface area contributed by atoms with Crippen LogP contribution in [-0.2, 0) is 16.0 Å². The predicted molar refractivity (Wildman–Crippen MR) is 77.8 cm³/mol. The molecular weight excluding hydrogens is 274 g/mol. The first kappa shape index (κ1) is 16.8. The van der Waals surface area contributed by atoms with Crippen molar-refractivity contribution in [3.8, 4) is 11.5 Å². The average molecular weight is 295 g/mol. The summed E-state index contributed by atoms with van der Waals surface area (Å²) in [5, 5.41) is 8.82. The van der Waals surface area contributed by atoms with Crippen molar-refractivity contribution in [3.63, 3.8) is 0 Å². The Balaban J connectivity index is 2.85. The van der Waals surface area contributed by atoms with Crippen molar-refractivity contribution in [2.24, 2.45) is 0 Å². The Morgan fingerprint density at radius 3 is 2.48 bits per heavy atom. The Hall–Kier alpha value is -2.24. The van der Waals surface area contributed by atoms with Crippen LogP contribution in [0.4, 0.5) is 0 Å². The van der Waals surface area contributed by atoms with E-state index in [0.717, 1.165) is 6.42 Å². The molecule has 0 radical (unpaired) electrons. The van der Waals surface area contributed by atoms with Gasteiger partial charge in [-0.25, -0.2) is 0 Å². The number of carboxylic acid groups (broad SMARTS) is 1. The van der Waals surface area contributed by atoms with E-state index in [1.807, 2.05) is 6.92 Å². The van der Waals surface area contributed by atoms with Crippen LogP contribution in [0, 0.1) is 0 Å². The molecular formula is C15H21NO5. The van der Waals surface area contributed by atoms with Gasteiger partial charge in [-0.2, -0.15) is 0 Å². The van der Waals surface area contributed by atoms with Crippen LogP contribution in [0.25, 0.3) is 0 Å². The molecule has 0 atom stereocenters. The normalized spacial score (nSPS) is 10.0. The molecule has 6 heteroatoms. The van der Waals surface area contributed by atoms with E-state index in [4.69, 9.17) is 14.6 Å². The molecule has 116 valence electrons. The molecule has 0 aliphatic rings. The lowest BCUT2D eigenvalue weighted by molar-refractivity contribution is -0.136. The lowest BCUT2D eigenvalue weighted by Crippen LogP contribution is -2.27. The Kier molecular flexibility index (Phi) is 6.52. The minimum Gasteiger partial charge on any atom is -0.490 e. The molecule has 21 heavy (non-hydrogen) atoms. The van der Waals surface area contributed by atoms with Gasteiger partial charge in [0.2, 0.25) is 0 Å². The molecule has 0 saturated carbocycles. The van der Waals surface area contributed by atoms with Gasteiger partial charge in [0, 0.05) is 14.1 Å². The highest BCUT2D eigenvalue weighted by molar-refractivity contribution is 5.77. The number of hydrogen-bond donors (Lipinski definition) is 1. The summed E-state index contributed by atoms with van der Waals surface area (Å²) >= 11 is 0. The van der Waals surface area contributed by atoms with Crippen molar-refractivity contribution in [2.75, 3.05) is 27.3 Å². The number of benzene rings is 1. The minimum absolute atomic E-state index is 0.0839. The van der Waals surface area contributed by atoms with E-state index >= 15 is 0 Å². The van der Waals surface area contributed by atoms with E-state index in [-0.39, 0.29) is 18.9 Å². The summed E-state index contributed by atoms with van der Waals surface area (Å²) in [6.07, 6.45) is 0.735. The Morgan fingerprint density at radius 1 is 1.19 bits per heavy atom. The third-order valence-electron chi connectivity index (χ3n) is 2.68. The number of likely N-dealkylation sites (N-methyl/N-ethyl adjacent to an activating group) is 1. The van der Waals surface area contributed by atoms with Crippen molar-refractivity contribution in [1.29, 1.82) is 0 Å². The Morgan fingerprint density at radius 2 is 1.90 bits per heavy atom. The molecule has 0 bridgehead atoms. The highest BCUT2D eigenvalue weighted by atomic mass is 16.5. The summed E-state index contributed by atoms with van der Waals surface area (Å²) in [6.45, 7) is 2.37. The highest BCUT2D eigenvalue weighted by Gasteiger charge is 2.11. The Bertz CT molecular complexity index is 499. The molecule has 0 aliphatic heterocycles. The number of hydrogen-bond acceptors (Lipinski definition) is 4. The van der Waals surface area contributed by atoms with E-state index in [1.165, 1.54) is 4.90 Å². The quantitative estimate of drug-likeness (QED) is 0.788. The van der Waals surface area contributed by atoms with Gasteiger partial charge in [0.25, 0.3) is 5.91 Å². The van der Waals surface area contributed by atoms with Gasteiger partial charge in [-0.1, -0.05) is 13.0 Å². The zero-order valence-corrected chi connectivity index (χ0v) is 12.6. The van der Waals surface area contributed by atoms with Crippen molar-refractivity contribution in [1.82, 2.24) is 4.90 Å². The smallest absolute Gasteiger partial charge is 0.307 e. The second-order valence-corrected chi connectivity index (χ2v) is 4.78. The molecule has 0 spiro atoms. The van der Waals surface area contributed by atoms with Crippen molar-refractivity contribution in [3.05, 3.63) is 23.8 Å². The van der Waals surface area contributed by atoms with Crippen molar-refractivity contribution < 1.29 is 24.2 Å². The summed E-state index contributed by atoms with van der Waals surface area (Å²) in [7, 11) is 3.30. The fraction of sp³-hybridized carbons (Fsp3) is 0.467. The van der Waals surface area contributed by atoms with Crippen LogP contribution >= 0.6 is 0 Å². The van der Waals surface area contributed by atoms with Crippen LogP contribution < -0.4 is 9.47 Å². The van der Waals surface area contributed by atoms with Gasteiger partial charge in [0.15, 0.2) is 18.1 Å². The van der Waals surface area contributed by atoms with E-state index in [1.54, 1.807) is 32.3 Å². The molecule has 6 nitrogen and oxygen atoms in total. The molecule has 0 aromatic heterocycles. The summed E-state index contributed by atoms with van der Waals surface area (Å²) in [5.74, 6) is -0.172. The molecule has 0 unspecified atom stereocenters. The summed E-state index contributed by atoms with van der Waals surface area (Å²) < 4.78 is 11.0. The first-order valence-electron chi connectivity index (χ1n) is 6.74. The lowest BCUT2D eigenvalue weighted by Gasteiger charge is -2.15. The third-order valence-corrected chi connectivity index (χ3v) is 2.68. The van der Waals surface area contributed by atoms with Gasteiger partial charge in [-0.15, -0.1) is 0 Å². The molecule has 0 heterocycles. The van der Waals surface area contributed by atoms with Gasteiger partial charge in [0.05, 0.1) is 13.0 Å². The minimum atomic E-state index is -0.909. The number of aliphatic carboxylic acids is 1. The van der Waals surface area contributed by atoms with E-state index in [2.05, 4.69) is 0 Å². The van der Waals surface area contributed by atoms with E-state index in [0.29, 0.717) is 23.7 Å². The second-order valence-electron chi connectivity index (χ2n) is 4.78. The number of carboxylic acids is 1. The first-order chi connectivity index (χ1) is 9.93. The predicted octanol–water partition coefficient (Wildman–Crippen LogP) is 1.57. The van der Waals surface area contributed by atoms with Crippen LogP contribution in [0.3, 0.4) is 0 Å². The zero-order valence-electron chi connectivity index (χ0n) is 12.6. The number of rotatable bonds is 8. The number of ether oxygens (including phenoxy) is 2. The molecule has 0 aliphatic carbocycles. The number of amides is 1. The molecule has 1 amide bonds. The summed E-state index contributed by atoms with van der Waals surface area (Å²) in [6, 6.07) is 4.92. The number of nitrogens with zero attached hydrogens (tertiary/aromatic N) is 1. The molecule has 0 saturated heterocycles. The summed E-state index contributed by atoms with van der Waals surface area (Å²) in [4.78, 5) is 23.7. The lowest BCUT2D eigenvalue weighted by atomic mass is 10.1. The van der Waals surface area contributed by atoms with E-state index < -0.39 is 5.97 Å². The van der Waals surface area contributed by atoms with Crippen molar-refractivity contribution >= 4 is 11.9 Å². The van der Waals surface area contributed by atoms with Gasteiger partial charge >= 0.3 is 5.97 Å². The van der Waals surface area contributed by atoms with E-state index in [9.17, 15) is 9.59 Å². The summed E-state index contributed by atoms with van der Waals surface area (Å²) in [5.41, 5.74) is 0.625. The van der Waals surface area contributed by atoms with Gasteiger partial charge in [-0.05, 0) is 24.1 Å². The van der Waals surface area contributed by atoms with Crippen LogP contribution in [0.1, 0.15) is 18.9 Å². The SMILES string of the molecule is CCCOc1cc(CC(=O)O)ccc1OCC(=O)N(C)C. The molecule has 1 rings (SSSR count). The maximum atomic E-state index is 11.5. The molecule has 1 aromatic rings. The van der Waals surface area contributed by atoms with Crippen LogP contribution in [0.15, 0.2) is 18.2 Å². The fourth-order valence-electron chi connectivity index (χ4n) is 1.55. The largest absolute Gasteiger partial charge is 0.490 e. The monoisotopic (exact) mass is 295 g/mol. The fourth-order valence-corrected chi connectivity index (χ4v) is 1.55. The maximum Gasteiger partial charge on any atom is 0.307 e. The average Bonchev–Trinajstić information content (AvgIpc) is 2.42. The van der Waals surface area contributed by atoms with Gasteiger partial charge in [0.1, 0.15) is 0 Å². The number of carbonyl (C=O) groups excluding carboxylic acids is 1. The van der Waals surface area contributed by atoms with Crippen LogP contribution in [0.5, 0.6) is 11.5 Å². The first-order valence-corrected chi connectivity index (χ1v) is 6.74. The zero-order chi connectivity index (χ0) is 15.8. The molecule has 1 aromatic carbocycles. The van der Waals surface area contributed by atoms with Crippen molar-refractivity contribution in [2.45, 2.75) is 19.8 Å². The highest BCUT2D eigenvalue weighted by Crippen LogP contribution is 2.29. The standard InChI is InChI=1S/C15H21NO5/c1-4-7-20-13-8-11(9-15(18)19)5-6-12(13)21-10-14(17)16(2)3/h5-6,8H,4,7,9-10H2,1-3H3,(H,18,19). The number of carbonyl (C=O) groups is 2. The Labute approximate surface area is 124 Å².